The van der Waals surface area contributed by atoms with Crippen molar-refractivity contribution in [1.29, 1.82) is 0 Å². The second-order valence-electron chi connectivity index (χ2n) is 4.14. The number of pyridine rings is 1. The van der Waals surface area contributed by atoms with E-state index in [9.17, 15) is 0 Å². The van der Waals surface area contributed by atoms with Gasteiger partial charge in [0.05, 0.1) is 18.2 Å². The summed E-state index contributed by atoms with van der Waals surface area (Å²) in [6.45, 7) is 1.00. The summed E-state index contributed by atoms with van der Waals surface area (Å²) >= 11 is 1.89. The maximum absolute atomic E-state index is 5.60. The number of aromatic nitrogens is 3. The Labute approximate surface area is 112 Å². The van der Waals surface area contributed by atoms with Crippen LogP contribution in [0.15, 0.2) is 30.9 Å². The van der Waals surface area contributed by atoms with Gasteiger partial charge in [-0.2, -0.15) is 11.8 Å². The SMILES string of the molecule is CSCCCCn1cncc1-c1ccc(N)nc1. The number of nitrogens with zero attached hydrogens (tertiary/aromatic N) is 3. The van der Waals surface area contributed by atoms with E-state index in [1.165, 1.54) is 18.6 Å². The number of hydrogen-bond acceptors (Lipinski definition) is 4. The van der Waals surface area contributed by atoms with Crippen molar-refractivity contribution >= 4 is 17.6 Å². The van der Waals surface area contributed by atoms with E-state index < -0.39 is 0 Å². The lowest BCUT2D eigenvalue weighted by molar-refractivity contribution is 0.639. The molecule has 2 aromatic rings. The number of nitrogen functional groups attached to an aromatic ring is 1. The maximum atomic E-state index is 5.60. The minimum atomic E-state index is 0.546. The topological polar surface area (TPSA) is 56.7 Å². The minimum absolute atomic E-state index is 0.546. The zero-order chi connectivity index (χ0) is 12.8. The highest BCUT2D eigenvalue weighted by Crippen LogP contribution is 2.19. The molecule has 0 fully saturated rings. The summed E-state index contributed by atoms with van der Waals surface area (Å²) in [4.78, 5) is 8.34. The van der Waals surface area contributed by atoms with E-state index in [0.717, 1.165) is 17.8 Å². The normalized spacial score (nSPS) is 10.7. The van der Waals surface area contributed by atoms with Crippen molar-refractivity contribution < 1.29 is 0 Å². The molecule has 0 atom stereocenters. The Kier molecular flexibility index (Phi) is 4.64. The molecule has 96 valence electrons. The van der Waals surface area contributed by atoms with Gasteiger partial charge in [0.2, 0.25) is 0 Å². The van der Waals surface area contributed by atoms with E-state index in [4.69, 9.17) is 5.73 Å². The van der Waals surface area contributed by atoms with Crippen LogP contribution in [0.25, 0.3) is 11.3 Å². The van der Waals surface area contributed by atoms with Gasteiger partial charge in [-0.25, -0.2) is 9.97 Å². The Hall–Kier alpha value is -1.49. The van der Waals surface area contributed by atoms with Gasteiger partial charge in [-0.15, -0.1) is 0 Å². The van der Waals surface area contributed by atoms with E-state index in [1.807, 2.05) is 36.4 Å². The van der Waals surface area contributed by atoms with Crippen molar-refractivity contribution in [2.24, 2.45) is 0 Å². The van der Waals surface area contributed by atoms with E-state index in [0.29, 0.717) is 5.82 Å². The Morgan fingerprint density at radius 2 is 2.17 bits per heavy atom. The van der Waals surface area contributed by atoms with E-state index in [1.54, 1.807) is 6.20 Å². The first kappa shape index (κ1) is 13.0. The van der Waals surface area contributed by atoms with Gasteiger partial charge in [0.25, 0.3) is 0 Å². The Morgan fingerprint density at radius 3 is 2.89 bits per heavy atom. The average Bonchev–Trinajstić information content (AvgIpc) is 2.84. The number of rotatable bonds is 6. The standard InChI is InChI=1S/C13H18N4S/c1-18-7-3-2-6-17-10-15-9-12(17)11-4-5-13(14)16-8-11/h4-5,8-10H,2-3,6-7H2,1H3,(H2,14,16). The molecular formula is C13H18N4S. The fraction of sp³-hybridized carbons (Fsp3) is 0.385. The monoisotopic (exact) mass is 262 g/mol. The summed E-state index contributed by atoms with van der Waals surface area (Å²) in [6.07, 6.45) is 10.1. The molecule has 4 nitrogen and oxygen atoms in total. The van der Waals surface area contributed by atoms with Crippen LogP contribution in [0.5, 0.6) is 0 Å². The zero-order valence-electron chi connectivity index (χ0n) is 10.5. The second kappa shape index (κ2) is 6.44. The average molecular weight is 262 g/mol. The summed E-state index contributed by atoms with van der Waals surface area (Å²) in [5, 5.41) is 0. The predicted molar refractivity (Wildman–Crippen MR) is 77.5 cm³/mol. The summed E-state index contributed by atoms with van der Waals surface area (Å²) in [6, 6.07) is 3.80. The first-order valence-electron chi connectivity index (χ1n) is 6.02. The Balaban J connectivity index is 2.05. The van der Waals surface area contributed by atoms with Crippen LogP contribution in [0.1, 0.15) is 12.8 Å². The highest BCUT2D eigenvalue weighted by Gasteiger charge is 2.05. The molecule has 0 aliphatic carbocycles. The maximum Gasteiger partial charge on any atom is 0.123 e. The molecule has 0 radical (unpaired) electrons. The quantitative estimate of drug-likeness (QED) is 0.813. The molecule has 2 N–H and O–H groups in total. The number of hydrogen-bond donors (Lipinski definition) is 1. The lowest BCUT2D eigenvalue weighted by atomic mass is 10.2. The number of aryl methyl sites for hydroxylation is 1. The minimum Gasteiger partial charge on any atom is -0.384 e. The molecule has 0 aromatic carbocycles. The number of anilines is 1. The van der Waals surface area contributed by atoms with Crippen molar-refractivity contribution in [2.75, 3.05) is 17.7 Å². The lowest BCUT2D eigenvalue weighted by Crippen LogP contribution is -2.00. The second-order valence-corrected chi connectivity index (χ2v) is 5.13. The summed E-state index contributed by atoms with van der Waals surface area (Å²) in [5.41, 5.74) is 7.76. The van der Waals surface area contributed by atoms with Crippen LogP contribution in [0.3, 0.4) is 0 Å². The summed E-state index contributed by atoms with van der Waals surface area (Å²) in [7, 11) is 0. The fourth-order valence-electron chi connectivity index (χ4n) is 1.82. The molecule has 2 rings (SSSR count). The van der Waals surface area contributed by atoms with Gasteiger partial charge in [-0.1, -0.05) is 0 Å². The van der Waals surface area contributed by atoms with Crippen molar-refractivity contribution in [1.82, 2.24) is 14.5 Å². The van der Waals surface area contributed by atoms with Crippen LogP contribution in [0.2, 0.25) is 0 Å². The molecule has 0 bridgehead atoms. The van der Waals surface area contributed by atoms with Crippen LogP contribution in [0.4, 0.5) is 5.82 Å². The van der Waals surface area contributed by atoms with Crippen LogP contribution >= 0.6 is 11.8 Å². The van der Waals surface area contributed by atoms with Gasteiger partial charge < -0.3 is 10.3 Å². The van der Waals surface area contributed by atoms with Crippen molar-refractivity contribution in [3.63, 3.8) is 0 Å². The third kappa shape index (κ3) is 3.26. The Morgan fingerprint density at radius 1 is 1.28 bits per heavy atom. The molecule has 0 saturated carbocycles. The highest BCUT2D eigenvalue weighted by molar-refractivity contribution is 7.98. The molecule has 5 heteroatoms. The molecule has 0 unspecified atom stereocenters. The predicted octanol–water partition coefficient (Wildman–Crippen LogP) is 2.67. The molecule has 2 aromatic heterocycles. The van der Waals surface area contributed by atoms with Crippen molar-refractivity contribution in [3.05, 3.63) is 30.9 Å². The van der Waals surface area contributed by atoms with E-state index >= 15 is 0 Å². The van der Waals surface area contributed by atoms with Gasteiger partial charge in [-0.05, 0) is 37.0 Å². The van der Waals surface area contributed by atoms with Gasteiger partial charge >= 0.3 is 0 Å². The number of nitrogens with two attached hydrogens (primary N) is 1. The first-order valence-corrected chi connectivity index (χ1v) is 7.41. The van der Waals surface area contributed by atoms with E-state index in [2.05, 4.69) is 20.8 Å². The molecule has 0 saturated heterocycles. The molecule has 18 heavy (non-hydrogen) atoms. The molecule has 0 aliphatic heterocycles. The van der Waals surface area contributed by atoms with Crippen molar-refractivity contribution in [2.45, 2.75) is 19.4 Å². The molecule has 0 aliphatic rings. The largest absolute Gasteiger partial charge is 0.384 e. The first-order chi connectivity index (χ1) is 8.81. The molecular weight excluding hydrogens is 244 g/mol. The molecule has 0 spiro atoms. The van der Waals surface area contributed by atoms with Gasteiger partial charge in [0, 0.05) is 18.3 Å². The van der Waals surface area contributed by atoms with Crippen LogP contribution in [-0.2, 0) is 6.54 Å². The van der Waals surface area contributed by atoms with Crippen LogP contribution < -0.4 is 5.73 Å². The highest BCUT2D eigenvalue weighted by atomic mass is 32.2. The zero-order valence-corrected chi connectivity index (χ0v) is 11.4. The molecule has 2 heterocycles. The number of thioether (sulfide) groups is 1. The number of imidazole rings is 1. The smallest absolute Gasteiger partial charge is 0.123 e. The van der Waals surface area contributed by atoms with Crippen molar-refractivity contribution in [3.8, 4) is 11.3 Å². The third-order valence-electron chi connectivity index (χ3n) is 2.79. The third-order valence-corrected chi connectivity index (χ3v) is 3.49. The Bertz CT molecular complexity index is 478. The van der Waals surface area contributed by atoms with E-state index in [-0.39, 0.29) is 0 Å². The van der Waals surface area contributed by atoms with Crippen LogP contribution in [-0.4, -0.2) is 26.5 Å². The molecule has 0 amide bonds. The fourth-order valence-corrected chi connectivity index (χ4v) is 2.32. The lowest BCUT2D eigenvalue weighted by Gasteiger charge is -2.07. The summed E-state index contributed by atoms with van der Waals surface area (Å²) in [5.74, 6) is 1.76. The van der Waals surface area contributed by atoms with Gasteiger partial charge in [0.15, 0.2) is 0 Å². The summed E-state index contributed by atoms with van der Waals surface area (Å²) < 4.78 is 2.17. The van der Waals surface area contributed by atoms with Gasteiger partial charge in [0.1, 0.15) is 5.82 Å². The van der Waals surface area contributed by atoms with Crippen LogP contribution in [0, 0.1) is 0 Å². The number of unbranched alkanes of at least 4 members (excludes halogenated alkanes) is 1. The van der Waals surface area contributed by atoms with Gasteiger partial charge in [-0.3, -0.25) is 0 Å².